The van der Waals surface area contributed by atoms with Crippen molar-refractivity contribution in [3.63, 3.8) is 0 Å². The van der Waals surface area contributed by atoms with E-state index >= 15 is 0 Å². The number of hydrogen-bond donors (Lipinski definition) is 0. The fourth-order valence-corrected chi connectivity index (χ4v) is 0.941. The van der Waals surface area contributed by atoms with Gasteiger partial charge in [0.15, 0.2) is 0 Å². The Labute approximate surface area is 81.4 Å². The van der Waals surface area contributed by atoms with Crippen molar-refractivity contribution in [1.82, 2.24) is 0 Å². The van der Waals surface area contributed by atoms with Gasteiger partial charge < -0.3 is 9.47 Å². The van der Waals surface area contributed by atoms with Gasteiger partial charge in [0.25, 0.3) is 0 Å². The van der Waals surface area contributed by atoms with E-state index in [0.717, 1.165) is 0 Å². The minimum Gasteiger partial charge on any atom is -0.491 e. The molecule has 0 heterocycles. The maximum Gasteiger partial charge on any atom is 0.387 e. The summed E-state index contributed by atoms with van der Waals surface area (Å²) in [7, 11) is 0. The van der Waals surface area contributed by atoms with Gasteiger partial charge in [-0.1, -0.05) is 0 Å². The van der Waals surface area contributed by atoms with E-state index in [0.29, 0.717) is 5.75 Å². The first-order chi connectivity index (χ1) is 6.58. The predicted octanol–water partition coefficient (Wildman–Crippen LogP) is 2.88. The molecule has 0 aliphatic heterocycles. The van der Waals surface area contributed by atoms with Crippen LogP contribution in [0, 0.1) is 6.07 Å². The number of halogens is 2. The first kappa shape index (κ1) is 10.8. The quantitative estimate of drug-likeness (QED) is 0.745. The fourth-order valence-electron chi connectivity index (χ4n) is 0.941. The Hall–Kier alpha value is -1.32. The molecule has 0 aliphatic carbocycles. The van der Waals surface area contributed by atoms with Crippen LogP contribution in [0.4, 0.5) is 8.78 Å². The summed E-state index contributed by atoms with van der Waals surface area (Å²) in [6.07, 6.45) is -0.00907. The highest BCUT2D eigenvalue weighted by molar-refractivity contribution is 5.32. The van der Waals surface area contributed by atoms with Gasteiger partial charge in [0.2, 0.25) is 0 Å². The molecule has 14 heavy (non-hydrogen) atoms. The van der Waals surface area contributed by atoms with Crippen molar-refractivity contribution in [2.45, 2.75) is 26.6 Å². The summed E-state index contributed by atoms with van der Waals surface area (Å²) in [4.78, 5) is 0. The zero-order valence-corrected chi connectivity index (χ0v) is 7.96. The molecule has 0 saturated heterocycles. The van der Waals surface area contributed by atoms with E-state index in [2.05, 4.69) is 10.8 Å². The molecule has 2 nitrogen and oxygen atoms in total. The van der Waals surface area contributed by atoms with Crippen LogP contribution in [-0.4, -0.2) is 12.7 Å². The molecule has 77 valence electrons. The van der Waals surface area contributed by atoms with E-state index in [4.69, 9.17) is 4.74 Å². The highest BCUT2D eigenvalue weighted by atomic mass is 19.3. The molecule has 0 unspecified atom stereocenters. The minimum absolute atomic E-state index is 0.00907. The third kappa shape index (κ3) is 3.60. The van der Waals surface area contributed by atoms with E-state index in [1.807, 2.05) is 13.8 Å². The van der Waals surface area contributed by atoms with Gasteiger partial charge in [-0.3, -0.25) is 0 Å². The standard InChI is InChI=1S/C10H11F2O2/c1-7(2)13-8-4-3-5-9(6-8)14-10(11)12/h4-7,10H,1-2H3. The molecular formula is C10H11F2O2. The smallest absolute Gasteiger partial charge is 0.387 e. The lowest BCUT2D eigenvalue weighted by Gasteiger charge is -2.10. The normalized spacial score (nSPS) is 10.7. The van der Waals surface area contributed by atoms with Crippen LogP contribution >= 0.6 is 0 Å². The van der Waals surface area contributed by atoms with Crippen molar-refractivity contribution in [3.05, 3.63) is 24.3 Å². The van der Waals surface area contributed by atoms with Crippen molar-refractivity contribution in [3.8, 4) is 11.5 Å². The fraction of sp³-hybridized carbons (Fsp3) is 0.400. The molecule has 0 amide bonds. The SMILES string of the molecule is CC(C)Oc1c[c]cc(OC(F)F)c1. The van der Waals surface area contributed by atoms with E-state index in [-0.39, 0.29) is 11.9 Å². The van der Waals surface area contributed by atoms with E-state index in [1.165, 1.54) is 12.1 Å². The second kappa shape index (κ2) is 4.79. The van der Waals surface area contributed by atoms with Gasteiger partial charge in [0.1, 0.15) is 11.5 Å². The van der Waals surface area contributed by atoms with Crippen LogP contribution in [-0.2, 0) is 0 Å². The lowest BCUT2D eigenvalue weighted by Crippen LogP contribution is -2.06. The molecule has 0 N–H and O–H groups in total. The van der Waals surface area contributed by atoms with Gasteiger partial charge in [0, 0.05) is 6.07 Å². The Morgan fingerprint density at radius 2 is 1.71 bits per heavy atom. The minimum atomic E-state index is -2.82. The highest BCUT2D eigenvalue weighted by Crippen LogP contribution is 2.21. The summed E-state index contributed by atoms with van der Waals surface area (Å²) in [6, 6.07) is 6.96. The largest absolute Gasteiger partial charge is 0.491 e. The summed E-state index contributed by atoms with van der Waals surface area (Å²) in [5.74, 6) is 0.524. The van der Waals surface area contributed by atoms with E-state index in [1.54, 1.807) is 6.07 Å². The number of alkyl halides is 2. The van der Waals surface area contributed by atoms with Crippen molar-refractivity contribution in [1.29, 1.82) is 0 Å². The predicted molar refractivity (Wildman–Crippen MR) is 47.7 cm³/mol. The highest BCUT2D eigenvalue weighted by Gasteiger charge is 2.05. The molecule has 0 saturated carbocycles. The molecule has 0 bridgehead atoms. The van der Waals surface area contributed by atoms with E-state index < -0.39 is 6.61 Å². The molecular weight excluding hydrogens is 190 g/mol. The number of rotatable bonds is 4. The number of benzene rings is 1. The first-order valence-corrected chi connectivity index (χ1v) is 4.20. The van der Waals surface area contributed by atoms with Crippen molar-refractivity contribution < 1.29 is 18.3 Å². The topological polar surface area (TPSA) is 18.5 Å². The van der Waals surface area contributed by atoms with Crippen LogP contribution in [0.2, 0.25) is 0 Å². The van der Waals surface area contributed by atoms with Gasteiger partial charge in [-0.05, 0) is 32.0 Å². The summed E-state index contributed by atoms with van der Waals surface area (Å²) in [5, 5.41) is 0. The lowest BCUT2D eigenvalue weighted by molar-refractivity contribution is -0.0499. The second-order valence-electron chi connectivity index (χ2n) is 2.95. The molecule has 1 aromatic carbocycles. The molecule has 0 atom stereocenters. The Morgan fingerprint density at radius 3 is 2.21 bits per heavy atom. The zero-order valence-electron chi connectivity index (χ0n) is 7.96. The molecule has 0 aliphatic rings. The second-order valence-corrected chi connectivity index (χ2v) is 2.95. The summed E-state index contributed by atoms with van der Waals surface area (Å²) in [5.41, 5.74) is 0. The third-order valence-corrected chi connectivity index (χ3v) is 1.33. The molecule has 1 aromatic rings. The number of hydrogen-bond acceptors (Lipinski definition) is 2. The molecule has 0 spiro atoms. The van der Waals surface area contributed by atoms with E-state index in [9.17, 15) is 8.78 Å². The van der Waals surface area contributed by atoms with Crippen LogP contribution in [0.25, 0.3) is 0 Å². The summed E-state index contributed by atoms with van der Waals surface area (Å²) in [6.45, 7) is 0.874. The molecule has 0 fully saturated rings. The van der Waals surface area contributed by atoms with Gasteiger partial charge in [0.05, 0.1) is 6.10 Å². The Bertz CT molecular complexity index is 262. The average molecular weight is 201 g/mol. The van der Waals surface area contributed by atoms with Crippen LogP contribution in [0.5, 0.6) is 11.5 Å². The average Bonchev–Trinajstić information content (AvgIpc) is 2.01. The maximum atomic E-state index is 11.8. The summed E-state index contributed by atoms with van der Waals surface area (Å²) < 4.78 is 33.1. The molecule has 1 radical (unpaired) electrons. The molecule has 4 heteroatoms. The third-order valence-electron chi connectivity index (χ3n) is 1.33. The lowest BCUT2D eigenvalue weighted by atomic mass is 10.3. The van der Waals surface area contributed by atoms with Crippen LogP contribution < -0.4 is 9.47 Å². The Morgan fingerprint density at radius 1 is 1.14 bits per heavy atom. The molecule has 0 aromatic heterocycles. The molecule has 1 rings (SSSR count). The van der Waals surface area contributed by atoms with Crippen molar-refractivity contribution in [2.75, 3.05) is 0 Å². The van der Waals surface area contributed by atoms with Gasteiger partial charge in [-0.15, -0.1) is 0 Å². The van der Waals surface area contributed by atoms with Gasteiger partial charge in [-0.2, -0.15) is 8.78 Å². The Balaban J connectivity index is 2.68. The number of ether oxygens (including phenoxy) is 2. The van der Waals surface area contributed by atoms with Crippen LogP contribution in [0.1, 0.15) is 13.8 Å². The first-order valence-electron chi connectivity index (χ1n) is 4.20. The monoisotopic (exact) mass is 201 g/mol. The van der Waals surface area contributed by atoms with Crippen LogP contribution in [0.3, 0.4) is 0 Å². The maximum absolute atomic E-state index is 11.8. The van der Waals surface area contributed by atoms with Gasteiger partial charge in [-0.25, -0.2) is 0 Å². The van der Waals surface area contributed by atoms with Crippen molar-refractivity contribution >= 4 is 0 Å². The van der Waals surface area contributed by atoms with Gasteiger partial charge >= 0.3 is 6.61 Å². The zero-order chi connectivity index (χ0) is 10.6. The Kier molecular flexibility index (Phi) is 3.68. The van der Waals surface area contributed by atoms with Crippen molar-refractivity contribution in [2.24, 2.45) is 0 Å². The van der Waals surface area contributed by atoms with Crippen LogP contribution in [0.15, 0.2) is 18.2 Å². The summed E-state index contributed by atoms with van der Waals surface area (Å²) >= 11 is 0.